The van der Waals surface area contributed by atoms with E-state index in [0.717, 1.165) is 18.9 Å². The van der Waals surface area contributed by atoms with Crippen molar-refractivity contribution in [2.45, 2.75) is 12.8 Å². The third-order valence-corrected chi connectivity index (χ3v) is 3.39. The molecular formula is C16H17N3O2. The number of carbonyl (C=O) groups excluding carboxylic acids is 1. The highest BCUT2D eigenvalue weighted by molar-refractivity contribution is 6.01. The van der Waals surface area contributed by atoms with E-state index in [2.05, 4.69) is 15.2 Å². The van der Waals surface area contributed by atoms with Gasteiger partial charge in [0.15, 0.2) is 0 Å². The first-order valence-corrected chi connectivity index (χ1v) is 7.05. The van der Waals surface area contributed by atoms with Crippen molar-refractivity contribution in [1.82, 2.24) is 4.98 Å². The van der Waals surface area contributed by atoms with Gasteiger partial charge in [0.1, 0.15) is 11.6 Å². The van der Waals surface area contributed by atoms with Crippen LogP contribution in [0.1, 0.15) is 18.6 Å². The zero-order valence-electron chi connectivity index (χ0n) is 11.7. The molecule has 0 aromatic carbocycles. The molecule has 1 saturated heterocycles. The van der Waals surface area contributed by atoms with Crippen molar-refractivity contribution < 1.29 is 9.21 Å². The highest BCUT2D eigenvalue weighted by Gasteiger charge is 2.13. The minimum Gasteiger partial charge on any atom is -0.465 e. The Bertz CT molecular complexity index is 611. The van der Waals surface area contributed by atoms with Gasteiger partial charge in [0.2, 0.25) is 5.91 Å². The maximum absolute atomic E-state index is 11.8. The average Bonchev–Trinajstić information content (AvgIpc) is 3.19. The number of anilines is 2. The van der Waals surface area contributed by atoms with E-state index in [1.807, 2.05) is 12.1 Å². The van der Waals surface area contributed by atoms with Crippen molar-refractivity contribution in [2.24, 2.45) is 0 Å². The van der Waals surface area contributed by atoms with Gasteiger partial charge < -0.3 is 14.6 Å². The van der Waals surface area contributed by atoms with E-state index in [1.54, 1.807) is 30.7 Å². The third kappa shape index (κ3) is 3.51. The normalized spacial score (nSPS) is 14.8. The van der Waals surface area contributed by atoms with Gasteiger partial charge in [-0.2, -0.15) is 0 Å². The van der Waals surface area contributed by atoms with E-state index in [1.165, 1.54) is 18.9 Å². The number of pyridine rings is 1. The van der Waals surface area contributed by atoms with Gasteiger partial charge in [0, 0.05) is 19.2 Å². The monoisotopic (exact) mass is 283 g/mol. The highest BCUT2D eigenvalue weighted by Crippen LogP contribution is 2.19. The lowest BCUT2D eigenvalue weighted by atomic mass is 10.3. The van der Waals surface area contributed by atoms with Crippen molar-refractivity contribution in [3.8, 4) is 0 Å². The van der Waals surface area contributed by atoms with Crippen LogP contribution in [-0.4, -0.2) is 24.0 Å². The van der Waals surface area contributed by atoms with Crippen LogP contribution in [0.2, 0.25) is 0 Å². The molecule has 1 aliphatic heterocycles. The van der Waals surface area contributed by atoms with Gasteiger partial charge in [0.05, 0.1) is 18.1 Å². The maximum Gasteiger partial charge on any atom is 0.248 e. The fourth-order valence-electron chi connectivity index (χ4n) is 2.32. The molecule has 1 N–H and O–H groups in total. The van der Waals surface area contributed by atoms with Gasteiger partial charge in [-0.1, -0.05) is 0 Å². The number of nitrogens with one attached hydrogen (secondary N) is 1. The molecule has 1 aliphatic rings. The van der Waals surface area contributed by atoms with Crippen LogP contribution in [0.25, 0.3) is 6.08 Å². The standard InChI is InChI=1S/C16H17N3O2/c20-16(8-6-14-4-3-11-21-14)18-13-5-7-15(17-12-13)19-9-1-2-10-19/h3-8,11-12H,1-2,9-10H2,(H,18,20)/b8-6+. The zero-order valence-corrected chi connectivity index (χ0v) is 11.7. The summed E-state index contributed by atoms with van der Waals surface area (Å²) in [6, 6.07) is 7.38. The molecule has 2 aromatic rings. The molecule has 21 heavy (non-hydrogen) atoms. The van der Waals surface area contributed by atoms with Crippen molar-refractivity contribution >= 4 is 23.5 Å². The van der Waals surface area contributed by atoms with Gasteiger partial charge in [-0.15, -0.1) is 0 Å². The molecule has 3 rings (SSSR count). The molecule has 2 aromatic heterocycles. The number of amides is 1. The molecule has 0 radical (unpaired) electrons. The molecule has 0 bridgehead atoms. The fraction of sp³-hybridized carbons (Fsp3) is 0.250. The number of carbonyl (C=O) groups is 1. The van der Waals surface area contributed by atoms with Gasteiger partial charge in [-0.25, -0.2) is 4.98 Å². The summed E-state index contributed by atoms with van der Waals surface area (Å²) < 4.78 is 5.12. The number of hydrogen-bond acceptors (Lipinski definition) is 4. The second kappa shape index (κ2) is 6.26. The molecular weight excluding hydrogens is 266 g/mol. The summed E-state index contributed by atoms with van der Waals surface area (Å²) >= 11 is 0. The van der Waals surface area contributed by atoms with E-state index in [4.69, 9.17) is 4.42 Å². The summed E-state index contributed by atoms with van der Waals surface area (Å²) in [5.41, 5.74) is 0.687. The summed E-state index contributed by atoms with van der Waals surface area (Å²) in [5.74, 6) is 1.41. The minimum atomic E-state index is -0.206. The van der Waals surface area contributed by atoms with Crippen LogP contribution in [0.4, 0.5) is 11.5 Å². The van der Waals surface area contributed by atoms with Crippen LogP contribution in [0, 0.1) is 0 Å². The van der Waals surface area contributed by atoms with Crippen LogP contribution in [-0.2, 0) is 4.79 Å². The number of furan rings is 1. The van der Waals surface area contributed by atoms with Gasteiger partial charge in [-0.05, 0) is 43.2 Å². The van der Waals surface area contributed by atoms with Crippen LogP contribution in [0.5, 0.6) is 0 Å². The Morgan fingerprint density at radius 1 is 1.29 bits per heavy atom. The van der Waals surface area contributed by atoms with E-state index in [9.17, 15) is 4.79 Å². The molecule has 0 aliphatic carbocycles. The smallest absolute Gasteiger partial charge is 0.248 e. The first-order chi connectivity index (χ1) is 10.3. The van der Waals surface area contributed by atoms with Crippen molar-refractivity contribution in [3.63, 3.8) is 0 Å². The Morgan fingerprint density at radius 2 is 2.14 bits per heavy atom. The molecule has 5 heteroatoms. The average molecular weight is 283 g/mol. The summed E-state index contributed by atoms with van der Waals surface area (Å²) in [5, 5.41) is 2.77. The van der Waals surface area contributed by atoms with Gasteiger partial charge >= 0.3 is 0 Å². The molecule has 1 fully saturated rings. The van der Waals surface area contributed by atoms with E-state index in [-0.39, 0.29) is 5.91 Å². The Labute approximate surface area is 123 Å². The molecule has 5 nitrogen and oxygen atoms in total. The summed E-state index contributed by atoms with van der Waals surface area (Å²) in [7, 11) is 0. The summed E-state index contributed by atoms with van der Waals surface area (Å²) in [6.45, 7) is 2.12. The minimum absolute atomic E-state index is 0.206. The Morgan fingerprint density at radius 3 is 2.81 bits per heavy atom. The van der Waals surface area contributed by atoms with Crippen LogP contribution < -0.4 is 10.2 Å². The molecule has 3 heterocycles. The number of hydrogen-bond donors (Lipinski definition) is 1. The van der Waals surface area contributed by atoms with E-state index >= 15 is 0 Å². The summed E-state index contributed by atoms with van der Waals surface area (Å²) in [4.78, 5) is 18.4. The molecule has 0 spiro atoms. The molecule has 0 atom stereocenters. The third-order valence-electron chi connectivity index (χ3n) is 3.39. The lowest BCUT2D eigenvalue weighted by molar-refractivity contribution is -0.111. The fourth-order valence-corrected chi connectivity index (χ4v) is 2.32. The molecule has 108 valence electrons. The van der Waals surface area contributed by atoms with Crippen LogP contribution in [0.3, 0.4) is 0 Å². The number of aromatic nitrogens is 1. The largest absolute Gasteiger partial charge is 0.465 e. The quantitative estimate of drug-likeness (QED) is 0.876. The Balaban J connectivity index is 1.58. The Hall–Kier alpha value is -2.56. The van der Waals surface area contributed by atoms with Crippen molar-refractivity contribution in [1.29, 1.82) is 0 Å². The van der Waals surface area contributed by atoms with Crippen molar-refractivity contribution in [3.05, 3.63) is 48.6 Å². The first kappa shape index (κ1) is 13.4. The second-order valence-corrected chi connectivity index (χ2v) is 4.94. The predicted molar refractivity (Wildman–Crippen MR) is 82.1 cm³/mol. The SMILES string of the molecule is O=C(/C=C/c1ccco1)Nc1ccc(N2CCCC2)nc1. The van der Waals surface area contributed by atoms with Crippen LogP contribution in [0.15, 0.2) is 47.2 Å². The number of rotatable bonds is 4. The van der Waals surface area contributed by atoms with E-state index < -0.39 is 0 Å². The topological polar surface area (TPSA) is 58.4 Å². The molecule has 0 unspecified atom stereocenters. The van der Waals surface area contributed by atoms with E-state index in [0.29, 0.717) is 11.4 Å². The van der Waals surface area contributed by atoms with Crippen molar-refractivity contribution in [2.75, 3.05) is 23.3 Å². The molecule has 1 amide bonds. The van der Waals surface area contributed by atoms with Gasteiger partial charge in [-0.3, -0.25) is 4.79 Å². The maximum atomic E-state index is 11.8. The Kier molecular flexibility index (Phi) is 4.00. The number of nitrogens with zero attached hydrogens (tertiary/aromatic N) is 2. The second-order valence-electron chi connectivity index (χ2n) is 4.94. The van der Waals surface area contributed by atoms with Gasteiger partial charge in [0.25, 0.3) is 0 Å². The summed E-state index contributed by atoms with van der Waals surface area (Å²) in [6.07, 6.45) is 8.76. The lowest BCUT2D eigenvalue weighted by Gasteiger charge is -2.16. The zero-order chi connectivity index (χ0) is 14.5. The first-order valence-electron chi connectivity index (χ1n) is 7.05. The molecule has 0 saturated carbocycles. The highest BCUT2D eigenvalue weighted by atomic mass is 16.3. The predicted octanol–water partition coefficient (Wildman–Crippen LogP) is 2.93. The van der Waals surface area contributed by atoms with Crippen LogP contribution >= 0.6 is 0 Å². The lowest BCUT2D eigenvalue weighted by Crippen LogP contribution is -2.18.